The first-order valence-corrected chi connectivity index (χ1v) is 8.56. The van der Waals surface area contributed by atoms with Crippen LogP contribution in [0.4, 0.5) is 13.2 Å². The fraction of sp³-hybridized carbons (Fsp3) is 0.412. The molecule has 1 aromatic heterocycles. The third-order valence-corrected chi connectivity index (χ3v) is 4.92. The molecule has 0 atom stereocenters. The summed E-state index contributed by atoms with van der Waals surface area (Å²) in [5.74, 6) is 0.480. The molecule has 4 nitrogen and oxygen atoms in total. The van der Waals surface area contributed by atoms with E-state index in [1.807, 2.05) is 24.3 Å². The Kier molecular flexibility index (Phi) is 5.51. The van der Waals surface area contributed by atoms with Crippen molar-refractivity contribution in [1.29, 1.82) is 0 Å². The van der Waals surface area contributed by atoms with E-state index in [1.165, 1.54) is 24.4 Å². The van der Waals surface area contributed by atoms with E-state index in [4.69, 9.17) is 5.21 Å². The molecule has 0 aliphatic carbocycles. The molecule has 1 N–H and O–H groups in total. The van der Waals surface area contributed by atoms with Crippen molar-refractivity contribution < 1.29 is 18.4 Å². The summed E-state index contributed by atoms with van der Waals surface area (Å²) in [6, 6.07) is 7.98. The van der Waals surface area contributed by atoms with Gasteiger partial charge < -0.3 is 5.21 Å². The zero-order valence-corrected chi connectivity index (χ0v) is 15.2. The highest BCUT2D eigenvalue weighted by atomic mass is 32.2. The zero-order valence-electron chi connectivity index (χ0n) is 14.4. The fourth-order valence-electron chi connectivity index (χ4n) is 2.33. The van der Waals surface area contributed by atoms with Gasteiger partial charge in [0, 0.05) is 12.8 Å². The van der Waals surface area contributed by atoms with Crippen molar-refractivity contribution in [1.82, 2.24) is 9.78 Å². The van der Waals surface area contributed by atoms with Crippen molar-refractivity contribution in [3.05, 3.63) is 46.6 Å². The van der Waals surface area contributed by atoms with E-state index in [2.05, 4.69) is 31.0 Å². The number of aryl methyl sites for hydroxylation is 1. The van der Waals surface area contributed by atoms with Crippen molar-refractivity contribution in [3.8, 4) is 0 Å². The molecule has 0 saturated heterocycles. The Hall–Kier alpha value is -1.96. The first kappa shape index (κ1) is 19.4. The topological polar surface area (TPSA) is 50.4 Å². The molecule has 0 saturated carbocycles. The van der Waals surface area contributed by atoms with E-state index in [9.17, 15) is 13.2 Å². The van der Waals surface area contributed by atoms with Crippen molar-refractivity contribution in [3.63, 3.8) is 0 Å². The Morgan fingerprint density at radius 3 is 2.28 bits per heavy atom. The fourth-order valence-corrected chi connectivity index (χ4v) is 3.36. The Labute approximate surface area is 148 Å². The number of thioether (sulfide) groups is 1. The first-order valence-electron chi connectivity index (χ1n) is 7.58. The van der Waals surface area contributed by atoms with Crippen LogP contribution in [0.25, 0.3) is 0 Å². The summed E-state index contributed by atoms with van der Waals surface area (Å²) in [6.45, 7) is 6.35. The van der Waals surface area contributed by atoms with E-state index in [0.717, 1.165) is 16.5 Å². The average Bonchev–Trinajstić information content (AvgIpc) is 2.81. The molecule has 1 aromatic carbocycles. The molecule has 0 spiro atoms. The van der Waals surface area contributed by atoms with Crippen LogP contribution in [0.2, 0.25) is 0 Å². The third-order valence-electron chi connectivity index (χ3n) is 3.68. The molecule has 0 amide bonds. The predicted octanol–water partition coefficient (Wildman–Crippen LogP) is 4.84. The molecule has 0 radical (unpaired) electrons. The molecule has 0 aliphatic rings. The Morgan fingerprint density at radius 2 is 1.80 bits per heavy atom. The van der Waals surface area contributed by atoms with E-state index >= 15 is 0 Å². The monoisotopic (exact) mass is 371 g/mol. The maximum Gasteiger partial charge on any atom is 0.435 e. The summed E-state index contributed by atoms with van der Waals surface area (Å²) >= 11 is 1.22. The number of aromatic nitrogens is 2. The van der Waals surface area contributed by atoms with Gasteiger partial charge in [0.2, 0.25) is 0 Å². The number of rotatable bonds is 4. The zero-order chi connectivity index (χ0) is 18.8. The quantitative estimate of drug-likeness (QED) is 0.362. The molecule has 25 heavy (non-hydrogen) atoms. The number of benzene rings is 1. The molecule has 2 aromatic rings. The van der Waals surface area contributed by atoms with Crippen molar-refractivity contribution in [2.45, 2.75) is 43.1 Å². The van der Waals surface area contributed by atoms with Gasteiger partial charge in [0.25, 0.3) is 0 Å². The number of oxime groups is 1. The maximum absolute atomic E-state index is 13.1. The Morgan fingerprint density at radius 1 is 1.20 bits per heavy atom. The highest BCUT2D eigenvalue weighted by Crippen LogP contribution is 2.36. The summed E-state index contributed by atoms with van der Waals surface area (Å²) < 4.78 is 40.3. The van der Waals surface area contributed by atoms with E-state index in [-0.39, 0.29) is 11.0 Å². The Balaban J connectivity index is 2.25. The van der Waals surface area contributed by atoms with Gasteiger partial charge >= 0.3 is 6.18 Å². The van der Waals surface area contributed by atoms with Crippen molar-refractivity contribution in [2.75, 3.05) is 0 Å². The SMILES string of the molecule is Cn1nc(C(F)(F)F)c(/C=N\O)c1SCc1ccc(C(C)(C)C)cc1. The maximum atomic E-state index is 13.1. The second-order valence-electron chi connectivity index (χ2n) is 6.67. The summed E-state index contributed by atoms with van der Waals surface area (Å²) in [4.78, 5) is 0. The molecular formula is C17H20F3N3OS. The number of halogens is 3. The second kappa shape index (κ2) is 7.11. The summed E-state index contributed by atoms with van der Waals surface area (Å²) in [5, 5.41) is 15.3. The van der Waals surface area contributed by atoms with Crippen LogP contribution >= 0.6 is 11.8 Å². The summed E-state index contributed by atoms with van der Waals surface area (Å²) in [5.41, 5.74) is 0.932. The minimum atomic E-state index is -4.61. The van der Waals surface area contributed by atoms with Crippen LogP contribution < -0.4 is 0 Å². The van der Waals surface area contributed by atoms with Gasteiger partial charge in [-0.15, -0.1) is 11.8 Å². The van der Waals surface area contributed by atoms with Crippen LogP contribution in [0.3, 0.4) is 0 Å². The Bertz CT molecular complexity index is 759. The molecule has 0 aliphatic heterocycles. The molecule has 0 fully saturated rings. The van der Waals surface area contributed by atoms with Gasteiger partial charge in [-0.1, -0.05) is 50.2 Å². The van der Waals surface area contributed by atoms with Gasteiger partial charge in [-0.2, -0.15) is 18.3 Å². The molecule has 0 bridgehead atoms. The number of hydrogen-bond acceptors (Lipinski definition) is 4. The van der Waals surface area contributed by atoms with Crippen LogP contribution in [-0.2, 0) is 24.4 Å². The van der Waals surface area contributed by atoms with E-state index in [1.54, 1.807) is 0 Å². The van der Waals surface area contributed by atoms with Gasteiger partial charge in [-0.3, -0.25) is 4.68 Å². The lowest BCUT2D eigenvalue weighted by Crippen LogP contribution is -2.10. The molecule has 136 valence electrons. The second-order valence-corrected chi connectivity index (χ2v) is 7.63. The van der Waals surface area contributed by atoms with Gasteiger partial charge in [-0.25, -0.2) is 0 Å². The molecule has 1 heterocycles. The van der Waals surface area contributed by atoms with Gasteiger partial charge in [0.1, 0.15) is 5.03 Å². The summed E-state index contributed by atoms with van der Waals surface area (Å²) in [6.07, 6.45) is -3.83. The minimum absolute atomic E-state index is 0.0417. The van der Waals surface area contributed by atoms with Gasteiger partial charge in [0.15, 0.2) is 5.69 Å². The van der Waals surface area contributed by atoms with Crippen LogP contribution in [0, 0.1) is 0 Å². The molecule has 8 heteroatoms. The lowest BCUT2D eigenvalue weighted by Gasteiger charge is -2.19. The number of hydrogen-bond donors (Lipinski definition) is 1. The normalized spacial score (nSPS) is 12.9. The largest absolute Gasteiger partial charge is 0.435 e. The lowest BCUT2D eigenvalue weighted by molar-refractivity contribution is -0.141. The van der Waals surface area contributed by atoms with Crippen molar-refractivity contribution in [2.24, 2.45) is 12.2 Å². The standard InChI is InChI=1S/C17H20F3N3OS/c1-16(2,3)12-7-5-11(6-8-12)10-25-15-13(9-21-24)14(17(18,19)20)22-23(15)4/h5-9,24H,10H2,1-4H3/b21-9-. The van der Waals surface area contributed by atoms with Gasteiger partial charge in [0.05, 0.1) is 11.8 Å². The van der Waals surface area contributed by atoms with Crippen LogP contribution in [0.5, 0.6) is 0 Å². The highest BCUT2D eigenvalue weighted by Gasteiger charge is 2.38. The predicted molar refractivity (Wildman–Crippen MR) is 92.3 cm³/mol. The number of alkyl halides is 3. The van der Waals surface area contributed by atoms with Gasteiger partial charge in [-0.05, 0) is 16.5 Å². The van der Waals surface area contributed by atoms with Crippen molar-refractivity contribution >= 4 is 18.0 Å². The van der Waals surface area contributed by atoms with Crippen LogP contribution in [0.15, 0.2) is 34.4 Å². The number of nitrogens with zero attached hydrogens (tertiary/aromatic N) is 3. The third kappa shape index (κ3) is 4.56. The average molecular weight is 371 g/mol. The lowest BCUT2D eigenvalue weighted by atomic mass is 9.87. The molecular weight excluding hydrogens is 351 g/mol. The van der Waals surface area contributed by atoms with E-state index < -0.39 is 11.9 Å². The first-order chi connectivity index (χ1) is 11.5. The van der Waals surface area contributed by atoms with Crippen LogP contribution in [-0.4, -0.2) is 21.2 Å². The summed E-state index contributed by atoms with van der Waals surface area (Å²) in [7, 11) is 1.44. The molecule has 2 rings (SSSR count). The van der Waals surface area contributed by atoms with E-state index in [0.29, 0.717) is 10.8 Å². The molecule has 0 unspecified atom stereocenters. The smallest absolute Gasteiger partial charge is 0.411 e. The highest BCUT2D eigenvalue weighted by molar-refractivity contribution is 7.98. The minimum Gasteiger partial charge on any atom is -0.411 e. The van der Waals surface area contributed by atoms with Crippen LogP contribution in [0.1, 0.15) is 43.2 Å².